The van der Waals surface area contributed by atoms with Crippen LogP contribution in [0.25, 0.3) is 0 Å². The molecule has 0 spiro atoms. The smallest absolute Gasteiger partial charge is 0.304 e. The third-order valence-electron chi connectivity index (χ3n) is 2.30. The number of thioether (sulfide) groups is 1. The predicted octanol–water partition coefficient (Wildman–Crippen LogP) is 1.42. The van der Waals surface area contributed by atoms with Crippen LogP contribution in [0.1, 0.15) is 19.8 Å². The maximum atomic E-state index is 11.6. The van der Waals surface area contributed by atoms with Crippen LogP contribution in [0, 0.1) is 11.8 Å². The highest BCUT2D eigenvalue weighted by Gasteiger charge is 2.27. The minimum atomic E-state index is -0.883. The van der Waals surface area contributed by atoms with Crippen molar-refractivity contribution in [2.75, 3.05) is 11.5 Å². The summed E-state index contributed by atoms with van der Waals surface area (Å²) in [5.41, 5.74) is 0. The highest BCUT2D eigenvalue weighted by atomic mass is 32.2. The van der Waals surface area contributed by atoms with Crippen LogP contribution in [0.4, 0.5) is 0 Å². The Morgan fingerprint density at radius 3 is 2.77 bits per heavy atom. The zero-order chi connectivity index (χ0) is 9.84. The Balaban J connectivity index is 2.41. The second-order valence-electron chi connectivity index (χ2n) is 3.46. The van der Waals surface area contributed by atoms with Gasteiger partial charge in [-0.2, -0.15) is 11.8 Å². The molecule has 74 valence electrons. The Morgan fingerprint density at radius 1 is 1.62 bits per heavy atom. The molecule has 3 nitrogen and oxygen atoms in total. The topological polar surface area (TPSA) is 54.4 Å². The van der Waals surface area contributed by atoms with Gasteiger partial charge in [0, 0.05) is 17.6 Å². The number of Topliss-reactive ketones (excluding diaryl/α,β-unsaturated/α-hetero) is 1. The molecule has 4 heteroatoms. The standard InChI is InChI=1S/C9H14O3S/c1-6(4-8(10)11)9(12)7-2-3-13-5-7/h6-7H,2-5H2,1H3,(H,10,11). The Hall–Kier alpha value is -0.510. The van der Waals surface area contributed by atoms with Gasteiger partial charge in [0.15, 0.2) is 0 Å². The second kappa shape index (κ2) is 4.65. The van der Waals surface area contributed by atoms with Gasteiger partial charge in [-0.1, -0.05) is 6.92 Å². The van der Waals surface area contributed by atoms with E-state index in [1.54, 1.807) is 18.7 Å². The lowest BCUT2D eigenvalue weighted by Crippen LogP contribution is -2.23. The van der Waals surface area contributed by atoms with Crippen LogP contribution in [-0.4, -0.2) is 28.4 Å². The summed E-state index contributed by atoms with van der Waals surface area (Å²) in [5.74, 6) is 0.957. The first kappa shape index (κ1) is 10.6. The average Bonchev–Trinajstić information content (AvgIpc) is 2.53. The van der Waals surface area contributed by atoms with Gasteiger partial charge in [-0.05, 0) is 12.2 Å². The Kier molecular flexibility index (Phi) is 3.78. The van der Waals surface area contributed by atoms with Gasteiger partial charge in [-0.3, -0.25) is 9.59 Å². The summed E-state index contributed by atoms with van der Waals surface area (Å²) >= 11 is 1.78. The van der Waals surface area contributed by atoms with Crippen molar-refractivity contribution >= 4 is 23.5 Å². The molecule has 0 aromatic rings. The summed E-state index contributed by atoms with van der Waals surface area (Å²) in [6, 6.07) is 0. The summed E-state index contributed by atoms with van der Waals surface area (Å²) in [6.45, 7) is 1.71. The Labute approximate surface area is 81.9 Å². The second-order valence-corrected chi connectivity index (χ2v) is 4.61. The van der Waals surface area contributed by atoms with Crippen LogP contribution in [0.15, 0.2) is 0 Å². The summed E-state index contributed by atoms with van der Waals surface area (Å²) < 4.78 is 0. The van der Waals surface area contributed by atoms with Crippen molar-refractivity contribution in [1.29, 1.82) is 0 Å². The van der Waals surface area contributed by atoms with Crippen molar-refractivity contribution < 1.29 is 14.7 Å². The van der Waals surface area contributed by atoms with Crippen LogP contribution in [0.3, 0.4) is 0 Å². The molecule has 1 aliphatic rings. The number of aliphatic carboxylic acids is 1. The van der Waals surface area contributed by atoms with Crippen molar-refractivity contribution in [2.45, 2.75) is 19.8 Å². The van der Waals surface area contributed by atoms with Crippen LogP contribution < -0.4 is 0 Å². The van der Waals surface area contributed by atoms with E-state index in [1.807, 2.05) is 0 Å². The molecule has 1 heterocycles. The number of hydrogen-bond donors (Lipinski definition) is 1. The molecule has 1 rings (SSSR count). The van der Waals surface area contributed by atoms with Gasteiger partial charge in [-0.25, -0.2) is 0 Å². The van der Waals surface area contributed by atoms with E-state index < -0.39 is 5.97 Å². The molecule has 0 radical (unpaired) electrons. The van der Waals surface area contributed by atoms with Crippen LogP contribution in [-0.2, 0) is 9.59 Å². The highest BCUT2D eigenvalue weighted by molar-refractivity contribution is 7.99. The third kappa shape index (κ3) is 3.03. The molecule has 1 fully saturated rings. The summed E-state index contributed by atoms with van der Waals surface area (Å²) in [4.78, 5) is 22.0. The van der Waals surface area contributed by atoms with E-state index in [-0.39, 0.29) is 24.0 Å². The first-order chi connectivity index (χ1) is 6.11. The number of carboxylic acid groups (broad SMARTS) is 1. The lowest BCUT2D eigenvalue weighted by molar-refractivity contribution is -0.141. The molecule has 0 aromatic carbocycles. The van der Waals surface area contributed by atoms with E-state index in [2.05, 4.69) is 0 Å². The lowest BCUT2D eigenvalue weighted by Gasteiger charge is -2.12. The number of carbonyl (C=O) groups excluding carboxylic acids is 1. The number of rotatable bonds is 4. The van der Waals surface area contributed by atoms with Gasteiger partial charge in [0.2, 0.25) is 0 Å². The molecular formula is C9H14O3S. The summed E-state index contributed by atoms with van der Waals surface area (Å²) in [5, 5.41) is 8.52. The van der Waals surface area contributed by atoms with Crippen molar-refractivity contribution in [2.24, 2.45) is 11.8 Å². The number of carbonyl (C=O) groups is 2. The Morgan fingerprint density at radius 2 is 2.31 bits per heavy atom. The molecule has 0 amide bonds. The Bertz CT molecular complexity index is 209. The quantitative estimate of drug-likeness (QED) is 0.749. The van der Waals surface area contributed by atoms with Crippen LogP contribution >= 0.6 is 11.8 Å². The fourth-order valence-electron chi connectivity index (χ4n) is 1.52. The lowest BCUT2D eigenvalue weighted by atomic mass is 9.91. The predicted molar refractivity (Wildman–Crippen MR) is 51.9 cm³/mol. The first-order valence-electron chi connectivity index (χ1n) is 4.44. The third-order valence-corrected chi connectivity index (χ3v) is 3.46. The zero-order valence-electron chi connectivity index (χ0n) is 7.66. The minimum Gasteiger partial charge on any atom is -0.481 e. The van der Waals surface area contributed by atoms with Crippen molar-refractivity contribution in [3.63, 3.8) is 0 Å². The molecule has 2 unspecified atom stereocenters. The normalized spacial score (nSPS) is 24.2. The van der Waals surface area contributed by atoms with Gasteiger partial charge in [0.05, 0.1) is 6.42 Å². The van der Waals surface area contributed by atoms with Gasteiger partial charge >= 0.3 is 5.97 Å². The number of hydrogen-bond acceptors (Lipinski definition) is 3. The van der Waals surface area contributed by atoms with Gasteiger partial charge in [0.25, 0.3) is 0 Å². The highest BCUT2D eigenvalue weighted by Crippen LogP contribution is 2.27. The van der Waals surface area contributed by atoms with Gasteiger partial charge < -0.3 is 5.11 Å². The molecule has 1 N–H and O–H groups in total. The summed E-state index contributed by atoms with van der Waals surface area (Å²) in [6.07, 6.45) is 0.896. The fraction of sp³-hybridized carbons (Fsp3) is 0.778. The molecule has 2 atom stereocenters. The monoisotopic (exact) mass is 202 g/mol. The first-order valence-corrected chi connectivity index (χ1v) is 5.60. The van der Waals surface area contributed by atoms with E-state index in [9.17, 15) is 9.59 Å². The van der Waals surface area contributed by atoms with E-state index >= 15 is 0 Å². The SMILES string of the molecule is CC(CC(=O)O)C(=O)C1CCSC1. The van der Waals surface area contributed by atoms with Crippen molar-refractivity contribution in [3.05, 3.63) is 0 Å². The zero-order valence-corrected chi connectivity index (χ0v) is 8.47. The van der Waals surface area contributed by atoms with E-state index in [0.29, 0.717) is 0 Å². The molecule has 0 saturated carbocycles. The van der Waals surface area contributed by atoms with Gasteiger partial charge in [-0.15, -0.1) is 0 Å². The fourth-order valence-corrected chi connectivity index (χ4v) is 2.76. The minimum absolute atomic E-state index is 0.0278. The maximum absolute atomic E-state index is 11.6. The van der Waals surface area contributed by atoms with Crippen LogP contribution in [0.5, 0.6) is 0 Å². The van der Waals surface area contributed by atoms with E-state index in [0.717, 1.165) is 17.9 Å². The number of ketones is 1. The van der Waals surface area contributed by atoms with Crippen LogP contribution in [0.2, 0.25) is 0 Å². The largest absolute Gasteiger partial charge is 0.481 e. The van der Waals surface area contributed by atoms with Crippen molar-refractivity contribution in [3.8, 4) is 0 Å². The average molecular weight is 202 g/mol. The van der Waals surface area contributed by atoms with E-state index in [4.69, 9.17) is 5.11 Å². The molecule has 1 aliphatic heterocycles. The van der Waals surface area contributed by atoms with Gasteiger partial charge in [0.1, 0.15) is 5.78 Å². The molecular weight excluding hydrogens is 188 g/mol. The summed E-state index contributed by atoms with van der Waals surface area (Å²) in [7, 11) is 0. The molecule has 0 bridgehead atoms. The van der Waals surface area contributed by atoms with Crippen molar-refractivity contribution in [1.82, 2.24) is 0 Å². The molecule has 0 aromatic heterocycles. The molecule has 0 aliphatic carbocycles. The molecule has 1 saturated heterocycles. The molecule has 13 heavy (non-hydrogen) atoms. The maximum Gasteiger partial charge on any atom is 0.304 e. The number of carboxylic acids is 1. The van der Waals surface area contributed by atoms with E-state index in [1.165, 1.54) is 0 Å².